The zero-order valence-electron chi connectivity index (χ0n) is 10.5. The Labute approximate surface area is 105 Å². The van der Waals surface area contributed by atoms with Gasteiger partial charge >= 0.3 is 0 Å². The molecule has 1 aliphatic heterocycles. The highest BCUT2D eigenvalue weighted by Crippen LogP contribution is 2.28. The van der Waals surface area contributed by atoms with Gasteiger partial charge in [0, 0.05) is 18.2 Å². The van der Waals surface area contributed by atoms with Gasteiger partial charge in [0.15, 0.2) is 11.0 Å². The van der Waals surface area contributed by atoms with Gasteiger partial charge in [-0.15, -0.1) is 0 Å². The van der Waals surface area contributed by atoms with Crippen LogP contribution in [0.3, 0.4) is 0 Å². The molecule has 2 heterocycles. The highest BCUT2D eigenvalue weighted by atomic mass is 32.2. The normalized spacial score (nSPS) is 20.8. The van der Waals surface area contributed by atoms with E-state index in [1.54, 1.807) is 18.7 Å². The summed E-state index contributed by atoms with van der Waals surface area (Å²) in [6, 6.07) is 0. The predicted octanol–water partition coefficient (Wildman–Crippen LogP) is 2.13. The number of nitrogens with zero attached hydrogens (tertiary/aromatic N) is 3. The van der Waals surface area contributed by atoms with Gasteiger partial charge in [0.05, 0.1) is 0 Å². The molecule has 1 aliphatic rings. The van der Waals surface area contributed by atoms with Crippen molar-refractivity contribution in [3.8, 4) is 0 Å². The number of aryl methyl sites for hydroxylation is 1. The molecule has 0 unspecified atom stereocenters. The maximum absolute atomic E-state index is 4.91. The maximum atomic E-state index is 4.91. The number of hydrogen-bond acceptors (Lipinski definition) is 5. The van der Waals surface area contributed by atoms with Gasteiger partial charge in [0.1, 0.15) is 6.54 Å². The van der Waals surface area contributed by atoms with Gasteiger partial charge in [-0.2, -0.15) is 4.98 Å². The Morgan fingerprint density at radius 3 is 2.76 bits per heavy atom. The fourth-order valence-electron chi connectivity index (χ4n) is 1.77. The van der Waals surface area contributed by atoms with Crippen LogP contribution in [0.15, 0.2) is 9.52 Å². The Kier molecular flexibility index (Phi) is 3.71. The van der Waals surface area contributed by atoms with Crippen molar-refractivity contribution in [3.05, 3.63) is 11.7 Å². The molecule has 1 aromatic rings. The Bertz CT molecular complexity index is 411. The van der Waals surface area contributed by atoms with E-state index in [9.17, 15) is 0 Å². The topological polar surface area (TPSA) is 63.3 Å². The minimum Gasteiger partial charge on any atom is -0.359 e. The number of rotatable bonds is 4. The summed E-state index contributed by atoms with van der Waals surface area (Å²) in [5.74, 6) is 2.32. The molecular weight excluding hydrogens is 236 g/mol. The third kappa shape index (κ3) is 2.80. The third-order valence-electron chi connectivity index (χ3n) is 3.14. The predicted molar refractivity (Wildman–Crippen MR) is 69.1 cm³/mol. The number of aromatic nitrogens is 2. The largest absolute Gasteiger partial charge is 0.359 e. The van der Waals surface area contributed by atoms with Crippen LogP contribution in [0.5, 0.6) is 0 Å². The first-order chi connectivity index (χ1) is 8.17. The molecule has 5 nitrogen and oxygen atoms in total. The lowest BCUT2D eigenvalue weighted by Crippen LogP contribution is -2.42. The Hall–Kier alpha value is -1.04. The number of thioether (sulfide) groups is 1. The molecule has 17 heavy (non-hydrogen) atoms. The molecule has 1 aromatic heterocycles. The van der Waals surface area contributed by atoms with Crippen LogP contribution in [0, 0.1) is 6.92 Å². The summed E-state index contributed by atoms with van der Waals surface area (Å²) >= 11 is 1.78. The minimum atomic E-state index is 0.219. The number of amidine groups is 1. The van der Waals surface area contributed by atoms with E-state index in [4.69, 9.17) is 4.52 Å². The lowest BCUT2D eigenvalue weighted by Gasteiger charge is -2.25. The molecule has 1 saturated heterocycles. The molecule has 1 N–H and O–H groups in total. The zero-order valence-corrected chi connectivity index (χ0v) is 11.3. The molecular formula is C11H18N4OS. The molecule has 0 spiro atoms. The molecule has 0 aliphatic carbocycles. The van der Waals surface area contributed by atoms with Crippen LogP contribution in [0.2, 0.25) is 0 Å². The summed E-state index contributed by atoms with van der Waals surface area (Å²) in [6.07, 6.45) is 2.24. The van der Waals surface area contributed by atoms with Crippen LogP contribution >= 0.6 is 11.8 Å². The molecule has 94 valence electrons. The van der Waals surface area contributed by atoms with Crippen molar-refractivity contribution in [1.82, 2.24) is 15.5 Å². The first kappa shape index (κ1) is 12.4. The molecule has 0 saturated carbocycles. The van der Waals surface area contributed by atoms with E-state index in [1.165, 1.54) is 0 Å². The van der Waals surface area contributed by atoms with E-state index in [0.29, 0.717) is 18.3 Å². The summed E-state index contributed by atoms with van der Waals surface area (Å²) in [4.78, 5) is 8.61. The minimum absolute atomic E-state index is 0.219. The number of nitrogens with one attached hydrogen (secondary N) is 1. The first-order valence-corrected chi connectivity index (χ1v) is 6.90. The summed E-state index contributed by atoms with van der Waals surface area (Å²) in [5.41, 5.74) is 0.219. The second-order valence-corrected chi connectivity index (χ2v) is 5.22. The standard InChI is InChI=1S/C11H18N4OS/c1-4-11(5-2)7-17-10(14-11)12-6-9-13-8(3)16-15-9/h4-7H2,1-3H3,(H,12,14). The molecule has 0 atom stereocenters. The van der Waals surface area contributed by atoms with E-state index < -0.39 is 0 Å². The summed E-state index contributed by atoms with van der Waals surface area (Å²) in [7, 11) is 0. The lowest BCUT2D eigenvalue weighted by atomic mass is 9.96. The van der Waals surface area contributed by atoms with Gasteiger partial charge in [0.25, 0.3) is 0 Å². The van der Waals surface area contributed by atoms with Crippen LogP contribution < -0.4 is 5.32 Å². The molecule has 2 rings (SSSR count). The van der Waals surface area contributed by atoms with Crippen molar-refractivity contribution in [2.75, 3.05) is 5.75 Å². The number of aliphatic imine (C=N–C) groups is 1. The monoisotopic (exact) mass is 254 g/mol. The average molecular weight is 254 g/mol. The van der Waals surface area contributed by atoms with E-state index in [1.807, 2.05) is 0 Å². The van der Waals surface area contributed by atoms with E-state index in [2.05, 4.69) is 34.3 Å². The molecule has 0 radical (unpaired) electrons. The van der Waals surface area contributed by atoms with Crippen molar-refractivity contribution in [1.29, 1.82) is 0 Å². The van der Waals surface area contributed by atoms with Crippen LogP contribution in [-0.4, -0.2) is 26.6 Å². The van der Waals surface area contributed by atoms with Gasteiger partial charge in [-0.25, -0.2) is 0 Å². The smallest absolute Gasteiger partial charge is 0.223 e. The van der Waals surface area contributed by atoms with E-state index in [-0.39, 0.29) is 5.54 Å². The van der Waals surface area contributed by atoms with E-state index >= 15 is 0 Å². The Morgan fingerprint density at radius 1 is 1.47 bits per heavy atom. The SMILES string of the molecule is CCC1(CC)CSC(=NCc2noc(C)n2)N1. The summed E-state index contributed by atoms with van der Waals surface area (Å²) in [5, 5.41) is 8.33. The van der Waals surface area contributed by atoms with Crippen molar-refractivity contribution < 1.29 is 4.52 Å². The average Bonchev–Trinajstić information content (AvgIpc) is 2.93. The van der Waals surface area contributed by atoms with Crippen LogP contribution in [0.4, 0.5) is 0 Å². The molecule has 0 amide bonds. The van der Waals surface area contributed by atoms with Gasteiger partial charge in [-0.05, 0) is 12.8 Å². The highest BCUT2D eigenvalue weighted by molar-refractivity contribution is 8.14. The Morgan fingerprint density at radius 2 is 2.24 bits per heavy atom. The van der Waals surface area contributed by atoms with Crippen molar-refractivity contribution in [2.24, 2.45) is 4.99 Å². The van der Waals surface area contributed by atoms with Crippen molar-refractivity contribution >= 4 is 16.9 Å². The molecule has 1 fully saturated rings. The van der Waals surface area contributed by atoms with Gasteiger partial charge < -0.3 is 9.84 Å². The fourth-order valence-corrected chi connectivity index (χ4v) is 3.11. The molecule has 0 aromatic carbocycles. The summed E-state index contributed by atoms with van der Waals surface area (Å²) < 4.78 is 4.91. The third-order valence-corrected chi connectivity index (χ3v) is 4.35. The van der Waals surface area contributed by atoms with Crippen molar-refractivity contribution in [2.45, 2.75) is 45.7 Å². The van der Waals surface area contributed by atoms with Gasteiger partial charge in [-0.3, -0.25) is 4.99 Å². The quantitative estimate of drug-likeness (QED) is 0.891. The van der Waals surface area contributed by atoms with Gasteiger partial charge in [-0.1, -0.05) is 30.8 Å². The van der Waals surface area contributed by atoms with E-state index in [0.717, 1.165) is 23.8 Å². The fraction of sp³-hybridized carbons (Fsp3) is 0.727. The molecule has 0 bridgehead atoms. The second kappa shape index (κ2) is 5.08. The van der Waals surface area contributed by atoms with Gasteiger partial charge in [0.2, 0.25) is 5.89 Å². The summed E-state index contributed by atoms with van der Waals surface area (Å²) in [6.45, 7) is 6.69. The van der Waals surface area contributed by atoms with Crippen LogP contribution in [-0.2, 0) is 6.54 Å². The molecule has 6 heteroatoms. The number of hydrogen-bond donors (Lipinski definition) is 1. The van der Waals surface area contributed by atoms with Crippen molar-refractivity contribution in [3.63, 3.8) is 0 Å². The zero-order chi connectivity index (χ0) is 12.3. The first-order valence-electron chi connectivity index (χ1n) is 5.92. The lowest BCUT2D eigenvalue weighted by molar-refractivity contribution is 0.387. The van der Waals surface area contributed by atoms with Crippen LogP contribution in [0.1, 0.15) is 38.4 Å². The second-order valence-electron chi connectivity index (χ2n) is 4.25. The maximum Gasteiger partial charge on any atom is 0.223 e. The van der Waals surface area contributed by atoms with Crippen LogP contribution in [0.25, 0.3) is 0 Å². The Balaban J connectivity index is 1.96. The highest BCUT2D eigenvalue weighted by Gasteiger charge is 2.33.